The number of rotatable bonds is 7. The Morgan fingerprint density at radius 3 is 2.61 bits per heavy atom. The first-order valence-corrected chi connectivity index (χ1v) is 12.6. The average molecular weight is 540 g/mol. The Kier molecular flexibility index (Phi) is 9.15. The van der Waals surface area contributed by atoms with Gasteiger partial charge < -0.3 is 30.5 Å². The second-order valence-corrected chi connectivity index (χ2v) is 9.95. The molecule has 5 unspecified atom stereocenters. The number of likely N-dealkylation sites (N-methyl/N-ethyl adjacent to an activating group) is 1. The number of ether oxygens (including phenoxy) is 1. The predicted molar refractivity (Wildman–Crippen MR) is 135 cm³/mol. The van der Waals surface area contributed by atoms with Gasteiger partial charge in [0, 0.05) is 52.4 Å². The zero-order valence-electron chi connectivity index (χ0n) is 21.6. The number of morpholine rings is 1. The quantitative estimate of drug-likeness (QED) is 0.369. The van der Waals surface area contributed by atoms with Crippen molar-refractivity contribution in [2.75, 3.05) is 83.3 Å². The molecule has 0 spiro atoms. The lowest BCUT2D eigenvalue weighted by Gasteiger charge is -2.40. The summed E-state index contributed by atoms with van der Waals surface area (Å²) in [5, 5.41) is 8.38. The zero-order chi connectivity index (χ0) is 27.4. The van der Waals surface area contributed by atoms with Gasteiger partial charge in [-0.25, -0.2) is 8.78 Å². The Labute approximate surface area is 219 Å². The highest BCUT2D eigenvalue weighted by Gasteiger charge is 2.40. The number of aromatic nitrogens is 1. The smallest absolute Gasteiger partial charge is 0.253 e. The van der Waals surface area contributed by atoms with Crippen LogP contribution < -0.4 is 21.3 Å². The van der Waals surface area contributed by atoms with E-state index in [1.165, 1.54) is 6.20 Å². The molecular formula is C23H35F2N9O4. The number of nitroso groups, excluding NO2 is 1. The minimum Gasteiger partial charge on any atom is -0.366 e. The van der Waals surface area contributed by atoms with Crippen molar-refractivity contribution < 1.29 is 23.1 Å². The van der Waals surface area contributed by atoms with E-state index in [1.54, 1.807) is 21.7 Å². The molecule has 0 saturated carbocycles. The number of alkyl halides is 1. The molecule has 0 aliphatic carbocycles. The number of hydrogen-bond acceptors (Lipinski definition) is 11. The lowest BCUT2D eigenvalue weighted by Crippen LogP contribution is -2.62. The number of pyridine rings is 1. The monoisotopic (exact) mass is 539 g/mol. The normalized spacial score (nSPS) is 27.0. The molecule has 38 heavy (non-hydrogen) atoms. The topological polar surface area (TPSA) is 149 Å². The maximum Gasteiger partial charge on any atom is 0.253 e. The molecule has 3 aliphatic heterocycles. The number of nitrogens with two attached hydrogens (primary N) is 1. The fourth-order valence-electron chi connectivity index (χ4n) is 5.19. The van der Waals surface area contributed by atoms with Crippen LogP contribution in [-0.2, 0) is 14.3 Å². The number of carbonyl (C=O) groups is 2. The van der Waals surface area contributed by atoms with Crippen molar-refractivity contribution in [3.63, 3.8) is 0 Å². The molecule has 5 atom stereocenters. The van der Waals surface area contributed by atoms with Crippen molar-refractivity contribution >= 4 is 23.2 Å². The molecule has 1 aromatic rings. The molecule has 0 aromatic carbocycles. The fourth-order valence-corrected chi connectivity index (χ4v) is 5.19. The molecule has 1 aromatic heterocycles. The summed E-state index contributed by atoms with van der Waals surface area (Å²) in [6, 6.07) is 0. The third-order valence-electron chi connectivity index (χ3n) is 7.23. The van der Waals surface area contributed by atoms with Gasteiger partial charge in [-0.3, -0.25) is 24.8 Å². The van der Waals surface area contributed by atoms with Gasteiger partial charge in [-0.2, -0.15) is 0 Å². The van der Waals surface area contributed by atoms with Crippen LogP contribution in [0.2, 0.25) is 0 Å². The molecule has 0 radical (unpaired) electrons. The van der Waals surface area contributed by atoms with E-state index in [0.717, 1.165) is 12.7 Å². The molecule has 4 N–H and O–H groups in total. The molecule has 3 aliphatic rings. The SMILES string of the molecule is CN1CCOC(C(=O)N2CCN(c3c(F)cncc3NC(=O)C(C(N)N=O)C3NCC(F)CN3C)CC2)C1. The van der Waals surface area contributed by atoms with Gasteiger partial charge in [0.05, 0.1) is 30.9 Å². The number of anilines is 2. The number of nitrogens with zero attached hydrogens (tertiary/aromatic N) is 6. The van der Waals surface area contributed by atoms with Crippen molar-refractivity contribution in [3.8, 4) is 0 Å². The maximum absolute atomic E-state index is 15.0. The molecule has 2 amide bonds. The van der Waals surface area contributed by atoms with Gasteiger partial charge in [0.2, 0.25) is 5.91 Å². The number of hydrogen-bond donors (Lipinski definition) is 3. The van der Waals surface area contributed by atoms with E-state index in [2.05, 4.69) is 20.8 Å². The van der Waals surface area contributed by atoms with Gasteiger partial charge in [-0.05, 0) is 14.1 Å². The number of amides is 2. The number of piperazine rings is 1. The van der Waals surface area contributed by atoms with Gasteiger partial charge in [-0.15, -0.1) is 4.91 Å². The molecule has 15 heteroatoms. The maximum atomic E-state index is 15.0. The minimum atomic E-state index is -1.42. The van der Waals surface area contributed by atoms with Crippen LogP contribution in [0.25, 0.3) is 0 Å². The molecule has 0 bridgehead atoms. The predicted octanol–water partition coefficient (Wildman–Crippen LogP) is -0.995. The van der Waals surface area contributed by atoms with Crippen molar-refractivity contribution in [3.05, 3.63) is 23.1 Å². The summed E-state index contributed by atoms with van der Waals surface area (Å²) in [4.78, 5) is 48.5. The molecule has 4 heterocycles. The highest BCUT2D eigenvalue weighted by atomic mass is 19.1. The standard InChI is InChI=1S/C23H35F2N9O4/c1-31-7-8-38-17(13-31)23(36)34-5-3-33(4-6-34)19-15(25)10-27-11-16(19)29-22(35)18(20(26)30-37)21-28-9-14(24)12-32(21)2/h10-11,14,17-18,20-21,28H,3-9,12-13,26H2,1-2H3,(H,29,35). The zero-order valence-corrected chi connectivity index (χ0v) is 21.6. The molecule has 3 fully saturated rings. The first kappa shape index (κ1) is 28.2. The first-order valence-electron chi connectivity index (χ1n) is 12.6. The van der Waals surface area contributed by atoms with Crippen LogP contribution in [0.15, 0.2) is 17.6 Å². The van der Waals surface area contributed by atoms with E-state index in [4.69, 9.17) is 10.5 Å². The van der Waals surface area contributed by atoms with Crippen LogP contribution in [0.5, 0.6) is 0 Å². The Bertz CT molecular complexity index is 1010. The Morgan fingerprint density at radius 2 is 1.95 bits per heavy atom. The van der Waals surface area contributed by atoms with E-state index < -0.39 is 42.2 Å². The molecule has 4 rings (SSSR count). The second-order valence-electron chi connectivity index (χ2n) is 9.95. The Morgan fingerprint density at radius 1 is 1.21 bits per heavy atom. The second kappa shape index (κ2) is 12.3. The number of nitrogens with one attached hydrogen (secondary N) is 2. The van der Waals surface area contributed by atoms with Crippen LogP contribution in [0.3, 0.4) is 0 Å². The van der Waals surface area contributed by atoms with E-state index in [1.807, 2.05) is 11.9 Å². The van der Waals surface area contributed by atoms with Gasteiger partial charge in [0.1, 0.15) is 23.9 Å². The highest BCUT2D eigenvalue weighted by molar-refractivity contribution is 5.96. The van der Waals surface area contributed by atoms with Crippen LogP contribution in [0, 0.1) is 16.6 Å². The molecule has 210 valence electrons. The van der Waals surface area contributed by atoms with Crippen molar-refractivity contribution in [1.29, 1.82) is 0 Å². The van der Waals surface area contributed by atoms with Crippen LogP contribution >= 0.6 is 0 Å². The van der Waals surface area contributed by atoms with E-state index in [9.17, 15) is 18.9 Å². The van der Waals surface area contributed by atoms with Crippen LogP contribution in [0.4, 0.5) is 20.2 Å². The summed E-state index contributed by atoms with van der Waals surface area (Å²) in [7, 11) is 3.54. The van der Waals surface area contributed by atoms with Crippen molar-refractivity contribution in [2.45, 2.75) is 24.6 Å². The summed E-state index contributed by atoms with van der Waals surface area (Å²) in [5.41, 5.74) is 6.09. The summed E-state index contributed by atoms with van der Waals surface area (Å²) < 4.78 is 34.5. The lowest BCUT2D eigenvalue weighted by molar-refractivity contribution is -0.149. The summed E-state index contributed by atoms with van der Waals surface area (Å²) >= 11 is 0. The van der Waals surface area contributed by atoms with Crippen molar-refractivity contribution in [1.82, 2.24) is 25.0 Å². The summed E-state index contributed by atoms with van der Waals surface area (Å²) in [5.74, 6) is -2.61. The first-order chi connectivity index (χ1) is 18.2. The minimum absolute atomic E-state index is 0.0116. The molecule has 3 saturated heterocycles. The van der Waals surface area contributed by atoms with Gasteiger partial charge in [0.15, 0.2) is 12.0 Å². The van der Waals surface area contributed by atoms with Gasteiger partial charge >= 0.3 is 0 Å². The lowest BCUT2D eigenvalue weighted by atomic mass is 9.98. The largest absolute Gasteiger partial charge is 0.366 e. The van der Waals surface area contributed by atoms with E-state index in [-0.39, 0.29) is 30.4 Å². The summed E-state index contributed by atoms with van der Waals surface area (Å²) in [6.07, 6.45) is -1.49. The summed E-state index contributed by atoms with van der Waals surface area (Å²) in [6.45, 7) is 3.15. The van der Waals surface area contributed by atoms with Gasteiger partial charge in [-0.1, -0.05) is 5.18 Å². The Balaban J connectivity index is 1.46. The number of halogens is 2. The number of carbonyl (C=O) groups excluding carboxylic acids is 2. The van der Waals surface area contributed by atoms with Crippen molar-refractivity contribution in [2.24, 2.45) is 16.8 Å². The van der Waals surface area contributed by atoms with E-state index in [0.29, 0.717) is 39.3 Å². The van der Waals surface area contributed by atoms with Crippen LogP contribution in [0.1, 0.15) is 0 Å². The van der Waals surface area contributed by atoms with E-state index >= 15 is 4.39 Å². The Hall–Kier alpha value is -2.85. The highest BCUT2D eigenvalue weighted by Crippen LogP contribution is 2.30. The molecular weight excluding hydrogens is 504 g/mol. The average Bonchev–Trinajstić information content (AvgIpc) is 2.90. The fraction of sp³-hybridized carbons (Fsp3) is 0.696. The van der Waals surface area contributed by atoms with Gasteiger partial charge in [0.25, 0.3) is 5.91 Å². The third kappa shape index (κ3) is 6.23. The molecule has 13 nitrogen and oxygen atoms in total. The van der Waals surface area contributed by atoms with Crippen LogP contribution in [-0.4, -0.2) is 129 Å². The third-order valence-corrected chi connectivity index (χ3v) is 7.23.